The summed E-state index contributed by atoms with van der Waals surface area (Å²) in [5.41, 5.74) is 2.22. The minimum Gasteiger partial charge on any atom is -0.339 e. The Morgan fingerprint density at radius 2 is 2.18 bits per heavy atom. The van der Waals surface area contributed by atoms with E-state index in [1.807, 2.05) is 27.8 Å². The van der Waals surface area contributed by atoms with Crippen LogP contribution in [0.2, 0.25) is 0 Å². The summed E-state index contributed by atoms with van der Waals surface area (Å²) in [5, 5.41) is 12.2. The van der Waals surface area contributed by atoms with Gasteiger partial charge in [-0.1, -0.05) is 11.2 Å². The van der Waals surface area contributed by atoms with Crippen LogP contribution in [-0.4, -0.2) is 27.5 Å². The molecule has 1 aliphatic heterocycles. The van der Waals surface area contributed by atoms with Crippen LogP contribution in [0.1, 0.15) is 33.7 Å². The molecular weight excluding hydrogens is 410 g/mol. The van der Waals surface area contributed by atoms with Gasteiger partial charge >= 0.3 is 0 Å². The number of carbonyl (C=O) groups is 1. The van der Waals surface area contributed by atoms with Crippen molar-refractivity contribution in [3.63, 3.8) is 0 Å². The molecule has 1 aliphatic rings. The van der Waals surface area contributed by atoms with Gasteiger partial charge < -0.3 is 9.42 Å². The summed E-state index contributed by atoms with van der Waals surface area (Å²) in [6.45, 7) is 0.749. The van der Waals surface area contributed by atoms with E-state index in [9.17, 15) is 4.79 Å². The molecule has 8 heteroatoms. The van der Waals surface area contributed by atoms with Gasteiger partial charge in [-0.05, 0) is 46.3 Å². The van der Waals surface area contributed by atoms with E-state index in [1.165, 1.54) is 15.3 Å². The summed E-state index contributed by atoms with van der Waals surface area (Å²) in [5.74, 6) is 1.22. The van der Waals surface area contributed by atoms with Gasteiger partial charge in [-0.3, -0.25) is 4.79 Å². The first-order valence-electron chi connectivity index (χ1n) is 9.04. The lowest BCUT2D eigenvalue weighted by atomic mass is 9.98. The van der Waals surface area contributed by atoms with Gasteiger partial charge in [0.2, 0.25) is 17.6 Å². The van der Waals surface area contributed by atoms with Gasteiger partial charge in [0, 0.05) is 40.1 Å². The van der Waals surface area contributed by atoms with E-state index in [4.69, 9.17) is 4.52 Å². The number of nitrogens with zero attached hydrogens (tertiary/aromatic N) is 3. The molecule has 0 spiro atoms. The van der Waals surface area contributed by atoms with Crippen molar-refractivity contribution >= 4 is 39.9 Å². The molecule has 5 nitrogen and oxygen atoms in total. The van der Waals surface area contributed by atoms with Crippen LogP contribution in [0.5, 0.6) is 0 Å². The highest BCUT2D eigenvalue weighted by atomic mass is 32.1. The molecule has 0 radical (unpaired) electrons. The van der Waals surface area contributed by atoms with Crippen molar-refractivity contribution in [2.24, 2.45) is 0 Å². The Kier molecular flexibility index (Phi) is 4.84. The van der Waals surface area contributed by atoms with Gasteiger partial charge in [0.05, 0.1) is 6.04 Å². The zero-order valence-corrected chi connectivity index (χ0v) is 17.4. The van der Waals surface area contributed by atoms with Crippen molar-refractivity contribution in [3.8, 4) is 11.4 Å². The van der Waals surface area contributed by atoms with Crippen LogP contribution in [0.25, 0.3) is 11.4 Å². The Balaban J connectivity index is 1.32. The number of hydrogen-bond donors (Lipinski definition) is 0. The SMILES string of the molecule is O=C(CCc1nc(-c2ccsc2)no1)N1CCc2sccc2C1c1cccs1. The summed E-state index contributed by atoms with van der Waals surface area (Å²) in [7, 11) is 0. The molecule has 0 fully saturated rings. The summed E-state index contributed by atoms with van der Waals surface area (Å²) < 4.78 is 5.35. The van der Waals surface area contributed by atoms with Crippen molar-refractivity contribution < 1.29 is 9.32 Å². The van der Waals surface area contributed by atoms with Gasteiger partial charge in [-0.2, -0.15) is 16.3 Å². The molecule has 0 saturated heterocycles. The van der Waals surface area contributed by atoms with E-state index < -0.39 is 0 Å². The number of fused-ring (bicyclic) bond motifs is 1. The normalized spacial score (nSPS) is 16.3. The third kappa shape index (κ3) is 3.32. The molecule has 0 aromatic carbocycles. The number of rotatable bonds is 5. The first-order chi connectivity index (χ1) is 13.8. The van der Waals surface area contributed by atoms with Gasteiger partial charge in [0.15, 0.2) is 0 Å². The first kappa shape index (κ1) is 17.8. The van der Waals surface area contributed by atoms with Gasteiger partial charge in [-0.15, -0.1) is 22.7 Å². The zero-order chi connectivity index (χ0) is 18.9. The average molecular weight is 428 g/mol. The minimum atomic E-state index is 0.0200. The third-order valence-electron chi connectivity index (χ3n) is 4.90. The maximum absolute atomic E-state index is 13.1. The van der Waals surface area contributed by atoms with Crippen molar-refractivity contribution in [2.75, 3.05) is 6.54 Å². The Labute approximate surface area is 174 Å². The molecule has 1 atom stereocenters. The maximum atomic E-state index is 13.1. The van der Waals surface area contributed by atoms with Crippen LogP contribution in [0.4, 0.5) is 0 Å². The summed E-state index contributed by atoms with van der Waals surface area (Å²) in [6.07, 6.45) is 1.75. The van der Waals surface area contributed by atoms with Crippen molar-refractivity contribution in [3.05, 3.63) is 67.0 Å². The highest BCUT2D eigenvalue weighted by molar-refractivity contribution is 7.10. The number of aromatic nitrogens is 2. The zero-order valence-electron chi connectivity index (χ0n) is 14.9. The Morgan fingerprint density at radius 3 is 3.00 bits per heavy atom. The van der Waals surface area contributed by atoms with E-state index >= 15 is 0 Å². The van der Waals surface area contributed by atoms with Crippen LogP contribution in [0, 0.1) is 0 Å². The minimum absolute atomic E-state index is 0.0200. The lowest BCUT2D eigenvalue weighted by Crippen LogP contribution is -2.39. The Morgan fingerprint density at radius 1 is 1.21 bits per heavy atom. The molecule has 0 N–H and O–H groups in total. The molecule has 142 valence electrons. The highest BCUT2D eigenvalue weighted by Crippen LogP contribution is 2.39. The highest BCUT2D eigenvalue weighted by Gasteiger charge is 2.33. The molecule has 5 rings (SSSR count). The number of thiophene rings is 3. The summed E-state index contributed by atoms with van der Waals surface area (Å²) in [4.78, 5) is 22.1. The molecule has 5 heterocycles. The lowest BCUT2D eigenvalue weighted by molar-refractivity contribution is -0.133. The van der Waals surface area contributed by atoms with Gasteiger partial charge in [0.25, 0.3) is 0 Å². The van der Waals surface area contributed by atoms with E-state index in [0.29, 0.717) is 24.6 Å². The molecule has 28 heavy (non-hydrogen) atoms. The summed E-state index contributed by atoms with van der Waals surface area (Å²) >= 11 is 5.08. The smallest absolute Gasteiger partial charge is 0.227 e. The van der Waals surface area contributed by atoms with Crippen molar-refractivity contribution in [2.45, 2.75) is 25.3 Å². The molecule has 0 aliphatic carbocycles. The number of carbonyl (C=O) groups excluding carboxylic acids is 1. The topological polar surface area (TPSA) is 59.2 Å². The monoisotopic (exact) mass is 427 g/mol. The second kappa shape index (κ2) is 7.62. The molecule has 4 aromatic heterocycles. The summed E-state index contributed by atoms with van der Waals surface area (Å²) in [6, 6.07) is 8.31. The van der Waals surface area contributed by atoms with Gasteiger partial charge in [-0.25, -0.2) is 0 Å². The predicted octanol–water partition coefficient (Wildman–Crippen LogP) is 5.03. The van der Waals surface area contributed by atoms with Crippen LogP contribution in [0.15, 0.2) is 50.3 Å². The first-order valence-corrected chi connectivity index (χ1v) is 11.7. The second-order valence-corrected chi connectivity index (χ2v) is 9.34. The molecule has 4 aromatic rings. The second-order valence-electron chi connectivity index (χ2n) is 6.58. The number of hydrogen-bond acceptors (Lipinski definition) is 7. The molecule has 1 unspecified atom stereocenters. The van der Waals surface area contributed by atoms with Gasteiger partial charge in [0.1, 0.15) is 0 Å². The molecule has 1 amide bonds. The molecular formula is C20H17N3O2S3. The van der Waals surface area contributed by atoms with Crippen LogP contribution < -0.4 is 0 Å². The Bertz CT molecular complexity index is 1070. The van der Waals surface area contributed by atoms with Crippen molar-refractivity contribution in [1.82, 2.24) is 15.0 Å². The fraction of sp³-hybridized carbons (Fsp3) is 0.250. The number of amides is 1. The largest absolute Gasteiger partial charge is 0.339 e. The maximum Gasteiger partial charge on any atom is 0.227 e. The fourth-order valence-corrected chi connectivity index (χ4v) is 5.95. The predicted molar refractivity (Wildman–Crippen MR) is 112 cm³/mol. The van der Waals surface area contributed by atoms with Crippen LogP contribution >= 0.6 is 34.0 Å². The van der Waals surface area contributed by atoms with E-state index in [1.54, 1.807) is 34.0 Å². The lowest BCUT2D eigenvalue weighted by Gasteiger charge is -2.35. The molecule has 0 bridgehead atoms. The Hall–Kier alpha value is -2.29. The average Bonchev–Trinajstić information content (AvgIpc) is 3.50. The van der Waals surface area contributed by atoms with E-state index in [0.717, 1.165) is 18.5 Å². The van der Waals surface area contributed by atoms with Crippen molar-refractivity contribution in [1.29, 1.82) is 0 Å². The van der Waals surface area contributed by atoms with E-state index in [2.05, 4.69) is 33.0 Å². The van der Waals surface area contributed by atoms with E-state index in [-0.39, 0.29) is 11.9 Å². The van der Waals surface area contributed by atoms with Crippen LogP contribution in [0.3, 0.4) is 0 Å². The van der Waals surface area contributed by atoms with Crippen LogP contribution in [-0.2, 0) is 17.6 Å². The fourth-order valence-electron chi connectivity index (χ4n) is 3.56. The molecule has 0 saturated carbocycles. The number of aryl methyl sites for hydroxylation is 1. The standard InChI is InChI=1S/C20H17N3O2S3/c24-18(4-3-17-21-20(22-25-17)13-6-10-26-12-13)23-8-5-15-14(7-11-28-15)19(23)16-2-1-9-27-16/h1-2,6-7,9-12,19H,3-5,8H2. The quantitative estimate of drug-likeness (QED) is 0.448. The third-order valence-corrected chi connectivity index (χ3v) is 7.50.